The Morgan fingerprint density at radius 1 is 1.14 bits per heavy atom. The number of ether oxygens (including phenoxy) is 2. The molecule has 0 aromatic carbocycles. The highest BCUT2D eigenvalue weighted by Gasteiger charge is 2.40. The molecule has 0 unspecified atom stereocenters. The summed E-state index contributed by atoms with van der Waals surface area (Å²) in [7, 11) is 1.59. The average molecular weight is 384 g/mol. The first kappa shape index (κ1) is 20.7. The van der Waals surface area contributed by atoms with E-state index in [2.05, 4.69) is 34.0 Å². The molecule has 1 aliphatic carbocycles. The van der Waals surface area contributed by atoms with Crippen molar-refractivity contribution in [3.63, 3.8) is 0 Å². The van der Waals surface area contributed by atoms with E-state index < -0.39 is 0 Å². The van der Waals surface area contributed by atoms with Crippen LogP contribution in [0.25, 0.3) is 0 Å². The average Bonchev–Trinajstić information content (AvgIpc) is 3.21. The summed E-state index contributed by atoms with van der Waals surface area (Å²) in [5, 5.41) is 0. The summed E-state index contributed by atoms with van der Waals surface area (Å²) in [6.45, 7) is 3.08. The highest BCUT2D eigenvalue weighted by molar-refractivity contribution is 5.12. The smallest absolute Gasteiger partial charge is 0.231 e. The summed E-state index contributed by atoms with van der Waals surface area (Å²) in [4.78, 5) is 12.8. The third-order valence-electron chi connectivity index (χ3n) is 5.79. The third-order valence-corrected chi connectivity index (χ3v) is 5.79. The van der Waals surface area contributed by atoms with E-state index in [-0.39, 0.29) is 5.60 Å². The molecule has 5 heteroatoms. The molecular weight excluding hydrogens is 350 g/mol. The number of pyridine rings is 1. The minimum Gasteiger partial charge on any atom is -0.480 e. The van der Waals surface area contributed by atoms with Crippen molar-refractivity contribution in [1.82, 2.24) is 15.0 Å². The molecule has 1 atom stereocenters. The highest BCUT2D eigenvalue weighted by atomic mass is 16.5. The van der Waals surface area contributed by atoms with Gasteiger partial charge in [0.25, 0.3) is 0 Å². The van der Waals surface area contributed by atoms with Gasteiger partial charge in [-0.25, -0.2) is 4.98 Å². The van der Waals surface area contributed by atoms with Crippen LogP contribution in [-0.4, -0.2) is 34.3 Å². The van der Waals surface area contributed by atoms with E-state index in [4.69, 9.17) is 9.47 Å². The number of nitrogens with zero attached hydrogens (tertiary/aromatic N) is 3. The molecule has 1 spiro atoms. The minimum absolute atomic E-state index is 0.209. The van der Waals surface area contributed by atoms with E-state index in [1.165, 1.54) is 50.6 Å². The number of hydrogen-bond donors (Lipinski definition) is 0. The van der Waals surface area contributed by atoms with Crippen LogP contribution in [0.2, 0.25) is 0 Å². The number of aryl methyl sites for hydroxylation is 1. The molecule has 5 nitrogen and oxygen atoms in total. The monoisotopic (exact) mass is 383 g/mol. The minimum atomic E-state index is 0.209. The predicted octanol–water partition coefficient (Wildman–Crippen LogP) is 5.12. The van der Waals surface area contributed by atoms with E-state index in [0.717, 1.165) is 25.1 Å². The number of methoxy groups -OCH3 is 1. The van der Waals surface area contributed by atoms with Crippen molar-refractivity contribution in [2.75, 3.05) is 13.7 Å². The summed E-state index contributed by atoms with van der Waals surface area (Å²) >= 11 is 0. The number of hydrogen-bond acceptors (Lipinski definition) is 5. The van der Waals surface area contributed by atoms with Gasteiger partial charge in [0.05, 0.1) is 30.8 Å². The quantitative estimate of drug-likeness (QED) is 0.717. The second-order valence-electron chi connectivity index (χ2n) is 7.84. The van der Waals surface area contributed by atoms with E-state index in [9.17, 15) is 0 Å². The maximum Gasteiger partial charge on any atom is 0.231 e. The van der Waals surface area contributed by atoms with Crippen LogP contribution in [0, 0.1) is 0 Å². The van der Waals surface area contributed by atoms with Gasteiger partial charge in [0.15, 0.2) is 0 Å². The van der Waals surface area contributed by atoms with Gasteiger partial charge in [-0.15, -0.1) is 0 Å². The SMILES string of the molecule is CCCCc1cnc(OC)cn1.c1ccc([C@@H]2CCOC3(CCCC3)C2)nc1. The first-order valence-electron chi connectivity index (χ1n) is 10.6. The fourth-order valence-corrected chi connectivity index (χ4v) is 4.20. The van der Waals surface area contributed by atoms with Crippen LogP contribution in [0.3, 0.4) is 0 Å². The summed E-state index contributed by atoms with van der Waals surface area (Å²) in [5.74, 6) is 1.20. The van der Waals surface area contributed by atoms with Gasteiger partial charge in [0, 0.05) is 24.4 Å². The number of rotatable bonds is 5. The lowest BCUT2D eigenvalue weighted by Crippen LogP contribution is -2.36. The molecule has 2 fully saturated rings. The van der Waals surface area contributed by atoms with Crippen LogP contribution in [0.1, 0.15) is 75.6 Å². The molecule has 2 aliphatic rings. The molecule has 0 bridgehead atoms. The number of aromatic nitrogens is 3. The molecule has 152 valence electrons. The predicted molar refractivity (Wildman–Crippen MR) is 111 cm³/mol. The van der Waals surface area contributed by atoms with Crippen LogP contribution < -0.4 is 4.74 Å². The fraction of sp³-hybridized carbons (Fsp3) is 0.609. The van der Waals surface area contributed by atoms with E-state index >= 15 is 0 Å². The Hall–Kier alpha value is -2.01. The molecule has 2 aromatic heterocycles. The Morgan fingerprint density at radius 3 is 2.64 bits per heavy atom. The van der Waals surface area contributed by atoms with E-state index in [1.807, 2.05) is 12.3 Å². The Bertz CT molecular complexity index is 685. The Balaban J connectivity index is 0.000000169. The van der Waals surface area contributed by atoms with Gasteiger partial charge >= 0.3 is 0 Å². The zero-order chi connectivity index (χ0) is 19.7. The lowest BCUT2D eigenvalue weighted by Gasteiger charge is -2.38. The second-order valence-corrected chi connectivity index (χ2v) is 7.84. The van der Waals surface area contributed by atoms with Crippen LogP contribution >= 0.6 is 0 Å². The van der Waals surface area contributed by atoms with E-state index in [1.54, 1.807) is 19.5 Å². The van der Waals surface area contributed by atoms with Gasteiger partial charge < -0.3 is 9.47 Å². The Kier molecular flexibility index (Phi) is 7.78. The van der Waals surface area contributed by atoms with Gasteiger partial charge in [-0.05, 0) is 50.7 Å². The standard InChI is InChI=1S/C14H19NO.C9H14N2O/c1-4-9-15-13(5-1)12-6-10-16-14(11-12)7-2-3-8-14;1-3-4-5-8-6-11-9(12-2)7-10-8/h1,4-5,9,12H,2-3,6-8,10-11H2;6-7H,3-5H2,1-2H3/t12-;/m1./s1. The molecule has 2 aromatic rings. The van der Waals surface area contributed by atoms with Gasteiger partial charge in [-0.2, -0.15) is 0 Å². The lowest BCUT2D eigenvalue weighted by molar-refractivity contribution is -0.0809. The topological polar surface area (TPSA) is 57.1 Å². The highest BCUT2D eigenvalue weighted by Crippen LogP contribution is 2.44. The zero-order valence-electron chi connectivity index (χ0n) is 17.3. The van der Waals surface area contributed by atoms with Crippen molar-refractivity contribution in [1.29, 1.82) is 0 Å². The van der Waals surface area contributed by atoms with Crippen molar-refractivity contribution < 1.29 is 9.47 Å². The molecule has 0 amide bonds. The summed E-state index contributed by atoms with van der Waals surface area (Å²) in [5.41, 5.74) is 2.51. The van der Waals surface area contributed by atoms with Gasteiger partial charge in [-0.1, -0.05) is 32.3 Å². The molecule has 1 saturated carbocycles. The van der Waals surface area contributed by atoms with Crippen LogP contribution in [-0.2, 0) is 11.2 Å². The van der Waals surface area contributed by atoms with Crippen molar-refractivity contribution in [3.8, 4) is 5.88 Å². The number of unbranched alkanes of at least 4 members (excludes halogenated alkanes) is 1. The molecule has 0 radical (unpaired) electrons. The summed E-state index contributed by atoms with van der Waals surface area (Å²) in [6, 6.07) is 6.26. The molecule has 3 heterocycles. The first-order chi connectivity index (χ1) is 13.7. The van der Waals surface area contributed by atoms with E-state index in [0.29, 0.717) is 11.8 Å². The molecule has 1 saturated heterocycles. The Labute approximate surface area is 168 Å². The van der Waals surface area contributed by atoms with Gasteiger partial charge in [-0.3, -0.25) is 9.97 Å². The maximum absolute atomic E-state index is 6.05. The van der Waals surface area contributed by atoms with Crippen molar-refractivity contribution in [2.24, 2.45) is 0 Å². The van der Waals surface area contributed by atoms with Crippen LogP contribution in [0.15, 0.2) is 36.8 Å². The summed E-state index contributed by atoms with van der Waals surface area (Å²) < 4.78 is 11.0. The normalized spacial score (nSPS) is 20.4. The third kappa shape index (κ3) is 5.74. The lowest BCUT2D eigenvalue weighted by atomic mass is 9.83. The van der Waals surface area contributed by atoms with Crippen LogP contribution in [0.5, 0.6) is 5.88 Å². The molecular formula is C23H33N3O2. The van der Waals surface area contributed by atoms with Crippen molar-refractivity contribution >= 4 is 0 Å². The fourth-order valence-electron chi connectivity index (χ4n) is 4.20. The largest absolute Gasteiger partial charge is 0.480 e. The van der Waals surface area contributed by atoms with Gasteiger partial charge in [0.2, 0.25) is 5.88 Å². The van der Waals surface area contributed by atoms with Crippen molar-refractivity contribution in [2.45, 2.75) is 76.2 Å². The van der Waals surface area contributed by atoms with Gasteiger partial charge in [0.1, 0.15) is 0 Å². The zero-order valence-corrected chi connectivity index (χ0v) is 17.3. The van der Waals surface area contributed by atoms with Crippen LogP contribution in [0.4, 0.5) is 0 Å². The van der Waals surface area contributed by atoms with Crippen molar-refractivity contribution in [3.05, 3.63) is 48.2 Å². The second kappa shape index (κ2) is 10.5. The molecule has 1 aliphatic heterocycles. The molecule has 28 heavy (non-hydrogen) atoms. The first-order valence-corrected chi connectivity index (χ1v) is 10.6. The maximum atomic E-state index is 6.05. The molecule has 4 rings (SSSR count). The molecule has 0 N–H and O–H groups in total. The summed E-state index contributed by atoms with van der Waals surface area (Å²) in [6.07, 6.45) is 16.2. The Morgan fingerprint density at radius 2 is 2.00 bits per heavy atom.